The summed E-state index contributed by atoms with van der Waals surface area (Å²) < 4.78 is 0. The minimum Gasteiger partial charge on any atom is -0.300 e. The summed E-state index contributed by atoms with van der Waals surface area (Å²) in [4.78, 5) is 29.9. The number of Topliss-reactive ketones (excluding diaryl/α,β-unsaturated/α-hetero) is 1. The third kappa shape index (κ3) is 4.40. The van der Waals surface area contributed by atoms with Gasteiger partial charge in [0.2, 0.25) is 5.91 Å². The van der Waals surface area contributed by atoms with E-state index >= 15 is 0 Å². The lowest BCUT2D eigenvalue weighted by atomic mass is 10.6. The van der Waals surface area contributed by atoms with Gasteiger partial charge in [-0.3, -0.25) is 15.1 Å². The van der Waals surface area contributed by atoms with Crippen LogP contribution in [0.5, 0.6) is 0 Å². The van der Waals surface area contributed by atoms with E-state index in [1.54, 1.807) is 0 Å². The van der Waals surface area contributed by atoms with E-state index in [9.17, 15) is 14.4 Å². The average molecular weight is 173 g/mol. The largest absolute Gasteiger partial charge is 0.338 e. The number of nitrogens with zero attached hydrogens (tertiary/aromatic N) is 1. The molecular weight excluding hydrogens is 162 g/mol. The van der Waals surface area contributed by atoms with Gasteiger partial charge in [0.15, 0.2) is 0 Å². The number of hydrazine groups is 1. The first kappa shape index (κ1) is 10.6. The summed E-state index contributed by atoms with van der Waals surface area (Å²) >= 11 is 0. The number of amides is 3. The van der Waals surface area contributed by atoms with Gasteiger partial charge in [0.25, 0.3) is 0 Å². The second kappa shape index (κ2) is 4.45. The number of carbonyl (C=O) groups is 3. The zero-order valence-corrected chi connectivity index (χ0v) is 6.96. The Kier molecular flexibility index (Phi) is 3.92. The van der Waals surface area contributed by atoms with Crippen molar-refractivity contribution in [2.24, 2.45) is 5.84 Å². The van der Waals surface area contributed by atoms with Gasteiger partial charge >= 0.3 is 6.03 Å². The molecule has 3 amide bonds. The molecule has 1 saturated heterocycles. The molecule has 68 valence electrons. The Morgan fingerprint density at radius 3 is 2.00 bits per heavy atom. The summed E-state index contributed by atoms with van der Waals surface area (Å²) in [6, 6.07) is -0.532. The molecule has 0 aromatic rings. The van der Waals surface area contributed by atoms with Crippen LogP contribution in [-0.4, -0.2) is 29.3 Å². The van der Waals surface area contributed by atoms with Gasteiger partial charge in [-0.05, 0) is 13.8 Å². The number of hydrogen-bond donors (Lipinski definition) is 2. The van der Waals surface area contributed by atoms with E-state index in [2.05, 4.69) is 0 Å². The van der Waals surface area contributed by atoms with Gasteiger partial charge in [-0.2, -0.15) is 0 Å². The maximum absolute atomic E-state index is 10.3. The maximum atomic E-state index is 10.3. The van der Waals surface area contributed by atoms with Gasteiger partial charge < -0.3 is 4.79 Å². The Labute approximate surface area is 69.7 Å². The smallest absolute Gasteiger partial charge is 0.300 e. The van der Waals surface area contributed by atoms with Crippen molar-refractivity contribution in [2.75, 3.05) is 6.54 Å². The first-order valence-corrected chi connectivity index (χ1v) is 3.26. The van der Waals surface area contributed by atoms with E-state index in [0.29, 0.717) is 0 Å². The minimum atomic E-state index is -0.532. The molecule has 3 N–H and O–H groups in total. The summed E-state index contributed by atoms with van der Waals surface area (Å²) in [6.07, 6.45) is 0. The van der Waals surface area contributed by atoms with Crippen molar-refractivity contribution in [1.29, 1.82) is 0 Å². The molecule has 0 aliphatic carbocycles. The highest BCUT2D eigenvalue weighted by Gasteiger charge is 2.22. The fourth-order valence-electron chi connectivity index (χ4n) is 0.457. The second-order valence-electron chi connectivity index (χ2n) is 2.39. The number of carbonyl (C=O) groups excluding carboxylic acids is 3. The van der Waals surface area contributed by atoms with Gasteiger partial charge in [0, 0.05) is 0 Å². The minimum absolute atomic E-state index is 0.0289. The zero-order valence-electron chi connectivity index (χ0n) is 6.96. The molecule has 6 nitrogen and oxygen atoms in total. The number of nitrogens with two attached hydrogens (primary N) is 1. The molecule has 0 saturated carbocycles. The van der Waals surface area contributed by atoms with E-state index in [1.165, 1.54) is 13.8 Å². The van der Waals surface area contributed by atoms with Crippen LogP contribution in [0.15, 0.2) is 0 Å². The third-order valence-electron chi connectivity index (χ3n) is 0.821. The van der Waals surface area contributed by atoms with E-state index in [-0.39, 0.29) is 18.2 Å². The summed E-state index contributed by atoms with van der Waals surface area (Å²) in [5.41, 5.74) is 0. The number of ketones is 1. The van der Waals surface area contributed by atoms with Crippen molar-refractivity contribution in [3.05, 3.63) is 0 Å². The average Bonchev–Trinajstić information content (AvgIpc) is 2.08. The number of rotatable bonds is 0. The predicted molar refractivity (Wildman–Crippen MR) is 40.8 cm³/mol. The number of urea groups is 1. The molecule has 0 atom stereocenters. The van der Waals surface area contributed by atoms with Gasteiger partial charge in [0.05, 0.1) is 0 Å². The van der Waals surface area contributed by atoms with Crippen LogP contribution in [-0.2, 0) is 9.59 Å². The van der Waals surface area contributed by atoms with Crippen molar-refractivity contribution in [2.45, 2.75) is 13.8 Å². The summed E-state index contributed by atoms with van der Waals surface area (Å²) in [5.74, 6) is 4.79. The monoisotopic (exact) mass is 173 g/mol. The molecule has 0 radical (unpaired) electrons. The van der Waals surface area contributed by atoms with Crippen molar-refractivity contribution in [3.8, 4) is 0 Å². The summed E-state index contributed by atoms with van der Waals surface area (Å²) in [5, 5.41) is 2.81. The standard InChI is InChI=1S/C3H5N3O2.C3H6O/c4-6-1-2(7)5-3(6)8;1-3(2)4/h1,4H2,(H,5,7,8);1-2H3. The first-order chi connectivity index (χ1) is 5.43. The van der Waals surface area contributed by atoms with Gasteiger partial charge in [-0.15, -0.1) is 0 Å². The Bertz CT molecular complexity index is 210. The number of imide groups is 1. The van der Waals surface area contributed by atoms with Crippen LogP contribution in [0, 0.1) is 0 Å². The quantitative estimate of drug-likeness (QED) is 0.279. The van der Waals surface area contributed by atoms with Crippen LogP contribution in [0.4, 0.5) is 4.79 Å². The summed E-state index contributed by atoms with van der Waals surface area (Å²) in [7, 11) is 0. The van der Waals surface area contributed by atoms with Crippen LogP contribution >= 0.6 is 0 Å². The molecule has 1 aliphatic rings. The Morgan fingerprint density at radius 2 is 1.92 bits per heavy atom. The fourth-order valence-corrected chi connectivity index (χ4v) is 0.457. The Hall–Kier alpha value is -1.43. The molecule has 1 fully saturated rings. The molecular formula is C6H11N3O3. The normalized spacial score (nSPS) is 15.1. The first-order valence-electron chi connectivity index (χ1n) is 3.26. The summed E-state index contributed by atoms with van der Waals surface area (Å²) in [6.45, 7) is 3.03. The second-order valence-corrected chi connectivity index (χ2v) is 2.39. The zero-order chi connectivity index (χ0) is 9.72. The molecule has 0 bridgehead atoms. The number of hydrogen-bond acceptors (Lipinski definition) is 4. The predicted octanol–water partition coefficient (Wildman–Crippen LogP) is -0.993. The highest BCUT2D eigenvalue weighted by atomic mass is 16.2. The highest BCUT2D eigenvalue weighted by Crippen LogP contribution is 1.87. The van der Waals surface area contributed by atoms with E-state index in [4.69, 9.17) is 5.84 Å². The molecule has 1 heterocycles. The molecule has 0 aromatic heterocycles. The lowest BCUT2D eigenvalue weighted by Crippen LogP contribution is -2.34. The lowest BCUT2D eigenvalue weighted by molar-refractivity contribution is -0.118. The fraction of sp³-hybridized carbons (Fsp3) is 0.500. The van der Waals surface area contributed by atoms with E-state index in [1.807, 2.05) is 5.32 Å². The van der Waals surface area contributed by atoms with E-state index in [0.717, 1.165) is 5.01 Å². The maximum Gasteiger partial charge on any atom is 0.338 e. The number of nitrogens with one attached hydrogen (secondary N) is 1. The van der Waals surface area contributed by atoms with E-state index < -0.39 is 6.03 Å². The van der Waals surface area contributed by atoms with Gasteiger partial charge in [-0.1, -0.05) is 0 Å². The van der Waals surface area contributed by atoms with Crippen LogP contribution in [0.25, 0.3) is 0 Å². The van der Waals surface area contributed by atoms with Crippen LogP contribution < -0.4 is 11.2 Å². The Morgan fingerprint density at radius 1 is 1.50 bits per heavy atom. The van der Waals surface area contributed by atoms with Gasteiger partial charge in [-0.25, -0.2) is 10.6 Å². The molecule has 6 heteroatoms. The van der Waals surface area contributed by atoms with Crippen LogP contribution in [0.1, 0.15) is 13.8 Å². The molecule has 12 heavy (non-hydrogen) atoms. The SMILES string of the molecule is CC(C)=O.NN1CC(=O)NC1=O. The van der Waals surface area contributed by atoms with Crippen LogP contribution in [0.2, 0.25) is 0 Å². The molecule has 0 unspecified atom stereocenters. The van der Waals surface area contributed by atoms with Crippen molar-refractivity contribution in [3.63, 3.8) is 0 Å². The molecule has 0 aromatic carbocycles. The van der Waals surface area contributed by atoms with Crippen molar-refractivity contribution >= 4 is 17.7 Å². The molecule has 1 aliphatic heterocycles. The van der Waals surface area contributed by atoms with Crippen molar-refractivity contribution in [1.82, 2.24) is 10.3 Å². The molecule has 0 spiro atoms. The van der Waals surface area contributed by atoms with Crippen molar-refractivity contribution < 1.29 is 14.4 Å². The van der Waals surface area contributed by atoms with Crippen LogP contribution in [0.3, 0.4) is 0 Å². The molecule has 1 rings (SSSR count). The third-order valence-corrected chi connectivity index (χ3v) is 0.821. The topological polar surface area (TPSA) is 92.5 Å². The Balaban J connectivity index is 0.000000261. The van der Waals surface area contributed by atoms with Gasteiger partial charge in [0.1, 0.15) is 12.3 Å². The lowest BCUT2D eigenvalue weighted by Gasteiger charge is -1.99. The highest BCUT2D eigenvalue weighted by molar-refractivity contribution is 6.01.